The van der Waals surface area contributed by atoms with Gasteiger partial charge in [-0.2, -0.15) is 4.99 Å². The minimum Gasteiger partial charge on any atom is -0.465 e. The van der Waals surface area contributed by atoms with Crippen molar-refractivity contribution in [2.75, 3.05) is 13.7 Å². The van der Waals surface area contributed by atoms with Crippen LogP contribution in [0, 0.1) is 0 Å². The molecular weight excluding hydrogens is 428 g/mol. The van der Waals surface area contributed by atoms with E-state index in [1.807, 2.05) is 24.3 Å². The molecule has 32 heavy (non-hydrogen) atoms. The SMILES string of the molecule is CCOC(=O)Cn1c(=NC(=O)Cc2ccc(C(C)C)cc2)sc2cc(C(=O)OC)ccc21. The first-order chi connectivity index (χ1) is 15.3. The average molecular weight is 455 g/mol. The Morgan fingerprint density at radius 2 is 1.81 bits per heavy atom. The summed E-state index contributed by atoms with van der Waals surface area (Å²) in [7, 11) is 1.31. The maximum absolute atomic E-state index is 12.7. The summed E-state index contributed by atoms with van der Waals surface area (Å²) in [6, 6.07) is 12.9. The van der Waals surface area contributed by atoms with Gasteiger partial charge in [-0.1, -0.05) is 49.4 Å². The predicted molar refractivity (Wildman–Crippen MR) is 123 cm³/mol. The number of rotatable bonds is 7. The lowest BCUT2D eigenvalue weighted by Crippen LogP contribution is -2.23. The number of amides is 1. The summed E-state index contributed by atoms with van der Waals surface area (Å²) in [4.78, 5) is 41.4. The molecule has 1 aromatic heterocycles. The molecule has 168 valence electrons. The number of ether oxygens (including phenoxy) is 2. The van der Waals surface area contributed by atoms with E-state index in [2.05, 4.69) is 18.8 Å². The summed E-state index contributed by atoms with van der Waals surface area (Å²) in [5, 5.41) is 0. The number of fused-ring (bicyclic) bond motifs is 1. The van der Waals surface area contributed by atoms with Gasteiger partial charge in [0.2, 0.25) is 0 Å². The molecule has 0 unspecified atom stereocenters. The quantitative estimate of drug-likeness (QED) is 0.506. The largest absolute Gasteiger partial charge is 0.465 e. The highest BCUT2D eigenvalue weighted by atomic mass is 32.1. The number of carbonyl (C=O) groups excluding carboxylic acids is 3. The molecule has 0 spiro atoms. The number of carbonyl (C=O) groups is 3. The van der Waals surface area contributed by atoms with Crippen LogP contribution in [0.3, 0.4) is 0 Å². The lowest BCUT2D eigenvalue weighted by Gasteiger charge is -2.06. The van der Waals surface area contributed by atoms with E-state index >= 15 is 0 Å². The third-order valence-electron chi connectivity index (χ3n) is 4.92. The van der Waals surface area contributed by atoms with Crippen LogP contribution in [0.1, 0.15) is 48.2 Å². The monoisotopic (exact) mass is 454 g/mol. The van der Waals surface area contributed by atoms with Crippen molar-refractivity contribution in [3.05, 3.63) is 64.0 Å². The molecule has 1 heterocycles. The Morgan fingerprint density at radius 1 is 1.09 bits per heavy atom. The summed E-state index contributed by atoms with van der Waals surface area (Å²) in [6.07, 6.45) is 0.152. The standard InChI is InChI=1S/C24H26N2O5S/c1-5-31-22(28)14-26-19-11-10-18(23(29)30-4)13-20(19)32-24(26)25-21(27)12-16-6-8-17(9-7-16)15(2)3/h6-11,13,15H,5,12,14H2,1-4H3. The number of hydrogen-bond donors (Lipinski definition) is 0. The molecule has 0 saturated carbocycles. The fraction of sp³-hybridized carbons (Fsp3) is 0.333. The van der Waals surface area contributed by atoms with Crippen molar-refractivity contribution in [1.29, 1.82) is 0 Å². The molecule has 7 nitrogen and oxygen atoms in total. The number of methoxy groups -OCH3 is 1. The number of thiazole rings is 1. The van der Waals surface area contributed by atoms with Gasteiger partial charge in [0.15, 0.2) is 4.80 Å². The van der Waals surface area contributed by atoms with Crippen LogP contribution in [-0.2, 0) is 32.0 Å². The smallest absolute Gasteiger partial charge is 0.337 e. The predicted octanol–water partition coefficient (Wildman–Crippen LogP) is 3.85. The first-order valence-corrected chi connectivity index (χ1v) is 11.2. The number of esters is 2. The van der Waals surface area contributed by atoms with Crippen LogP contribution in [0.25, 0.3) is 10.2 Å². The molecule has 3 aromatic rings. The molecular formula is C24H26N2O5S. The molecule has 0 radical (unpaired) electrons. The van der Waals surface area contributed by atoms with Gasteiger partial charge in [-0.05, 0) is 42.2 Å². The van der Waals surface area contributed by atoms with Gasteiger partial charge in [0.1, 0.15) is 6.54 Å². The molecule has 0 bridgehead atoms. The first kappa shape index (κ1) is 23.4. The van der Waals surface area contributed by atoms with Crippen molar-refractivity contribution in [2.24, 2.45) is 4.99 Å². The number of benzene rings is 2. The zero-order valence-electron chi connectivity index (χ0n) is 18.6. The fourth-order valence-electron chi connectivity index (χ4n) is 3.23. The Labute approximate surface area is 190 Å². The summed E-state index contributed by atoms with van der Waals surface area (Å²) in [6.45, 7) is 6.14. The molecule has 0 saturated heterocycles. The van der Waals surface area contributed by atoms with Crippen molar-refractivity contribution >= 4 is 39.4 Å². The molecule has 1 amide bonds. The third-order valence-corrected chi connectivity index (χ3v) is 5.96. The van der Waals surface area contributed by atoms with Gasteiger partial charge in [0.05, 0.1) is 35.9 Å². The molecule has 2 aromatic carbocycles. The molecule has 3 rings (SSSR count). The van der Waals surface area contributed by atoms with Crippen molar-refractivity contribution < 1.29 is 23.9 Å². The maximum atomic E-state index is 12.7. The lowest BCUT2D eigenvalue weighted by molar-refractivity contribution is -0.143. The highest BCUT2D eigenvalue weighted by Crippen LogP contribution is 2.20. The van der Waals surface area contributed by atoms with E-state index in [0.29, 0.717) is 26.5 Å². The number of hydrogen-bond acceptors (Lipinski definition) is 6. The van der Waals surface area contributed by atoms with E-state index in [9.17, 15) is 14.4 Å². The van der Waals surface area contributed by atoms with E-state index in [1.165, 1.54) is 24.0 Å². The minimum atomic E-state index is -0.461. The van der Waals surface area contributed by atoms with Crippen molar-refractivity contribution in [3.63, 3.8) is 0 Å². The molecule has 8 heteroatoms. The summed E-state index contributed by atoms with van der Waals surface area (Å²) in [5.74, 6) is -0.793. The zero-order valence-corrected chi connectivity index (χ0v) is 19.4. The van der Waals surface area contributed by atoms with Crippen molar-refractivity contribution in [1.82, 2.24) is 4.57 Å². The van der Waals surface area contributed by atoms with Crippen LogP contribution in [0.2, 0.25) is 0 Å². The fourth-order valence-corrected chi connectivity index (χ4v) is 4.32. The van der Waals surface area contributed by atoms with Crippen LogP contribution in [-0.4, -0.2) is 36.1 Å². The third kappa shape index (κ3) is 5.50. The summed E-state index contributed by atoms with van der Waals surface area (Å²) >= 11 is 1.23. The molecule has 0 aliphatic carbocycles. The molecule has 0 aliphatic rings. The Bertz CT molecular complexity index is 1210. The normalized spacial score (nSPS) is 11.7. The van der Waals surface area contributed by atoms with Crippen molar-refractivity contribution in [3.8, 4) is 0 Å². The van der Waals surface area contributed by atoms with Crippen molar-refractivity contribution in [2.45, 2.75) is 39.7 Å². The Hall–Kier alpha value is -3.26. The van der Waals surface area contributed by atoms with E-state index in [0.717, 1.165) is 5.56 Å². The Kier molecular flexibility index (Phi) is 7.58. The lowest BCUT2D eigenvalue weighted by atomic mass is 10.0. The Balaban J connectivity index is 1.97. The number of nitrogens with zero attached hydrogens (tertiary/aromatic N) is 2. The molecule has 0 atom stereocenters. The highest BCUT2D eigenvalue weighted by Gasteiger charge is 2.15. The second-order valence-corrected chi connectivity index (χ2v) is 8.54. The summed E-state index contributed by atoms with van der Waals surface area (Å²) < 4.78 is 12.2. The van der Waals surface area contributed by atoms with E-state index in [-0.39, 0.29) is 25.5 Å². The van der Waals surface area contributed by atoms with Crippen LogP contribution < -0.4 is 4.80 Å². The molecule has 0 fully saturated rings. The second kappa shape index (κ2) is 10.4. The average Bonchev–Trinajstić information content (AvgIpc) is 3.09. The van der Waals surface area contributed by atoms with E-state index in [4.69, 9.17) is 9.47 Å². The van der Waals surface area contributed by atoms with Gasteiger partial charge in [-0.3, -0.25) is 9.59 Å². The van der Waals surface area contributed by atoms with Crippen LogP contribution >= 0.6 is 11.3 Å². The maximum Gasteiger partial charge on any atom is 0.337 e. The topological polar surface area (TPSA) is 87.0 Å². The highest BCUT2D eigenvalue weighted by molar-refractivity contribution is 7.16. The minimum absolute atomic E-state index is 0.0827. The van der Waals surface area contributed by atoms with Crippen LogP contribution in [0.15, 0.2) is 47.5 Å². The van der Waals surface area contributed by atoms with Crippen LogP contribution in [0.4, 0.5) is 0 Å². The van der Waals surface area contributed by atoms with E-state index in [1.54, 1.807) is 29.7 Å². The van der Waals surface area contributed by atoms with E-state index < -0.39 is 11.9 Å². The van der Waals surface area contributed by atoms with Gasteiger partial charge in [0.25, 0.3) is 5.91 Å². The number of aromatic nitrogens is 1. The first-order valence-electron chi connectivity index (χ1n) is 10.4. The second-order valence-electron chi connectivity index (χ2n) is 7.53. The van der Waals surface area contributed by atoms with Gasteiger partial charge in [-0.25, -0.2) is 4.79 Å². The Morgan fingerprint density at radius 3 is 2.44 bits per heavy atom. The zero-order chi connectivity index (χ0) is 23.3. The van der Waals surface area contributed by atoms with Gasteiger partial charge in [-0.15, -0.1) is 0 Å². The summed E-state index contributed by atoms with van der Waals surface area (Å²) in [5.41, 5.74) is 3.14. The molecule has 0 aliphatic heterocycles. The van der Waals surface area contributed by atoms with Gasteiger partial charge >= 0.3 is 11.9 Å². The van der Waals surface area contributed by atoms with Gasteiger partial charge < -0.3 is 14.0 Å². The van der Waals surface area contributed by atoms with Gasteiger partial charge in [0, 0.05) is 0 Å². The van der Waals surface area contributed by atoms with Crippen LogP contribution in [0.5, 0.6) is 0 Å². The molecule has 0 N–H and O–H groups in total.